The van der Waals surface area contributed by atoms with Gasteiger partial charge in [0.2, 0.25) is 19.1 Å². The molecule has 2 heterocycles. The van der Waals surface area contributed by atoms with Gasteiger partial charge in [-0.15, -0.1) is 0 Å². The Morgan fingerprint density at radius 3 is 2.51 bits per heavy atom. The topological polar surface area (TPSA) is 70.5 Å². The fourth-order valence-electron chi connectivity index (χ4n) is 5.05. The number of methoxy groups -OCH3 is 1. The maximum atomic E-state index is 14.8. The normalized spacial score (nSPS) is 16.0. The van der Waals surface area contributed by atoms with Crippen LogP contribution < -0.4 is 9.47 Å². The summed E-state index contributed by atoms with van der Waals surface area (Å²) in [7, 11) is -1.14. The Bertz CT molecular complexity index is 1340. The van der Waals surface area contributed by atoms with Crippen molar-refractivity contribution in [3.8, 4) is 22.9 Å². The van der Waals surface area contributed by atoms with Gasteiger partial charge in [-0.05, 0) is 71.8 Å². The number of benzene rings is 1. The molecule has 1 aromatic carbocycles. The first-order valence-electron chi connectivity index (χ1n) is 13.6. The highest BCUT2D eigenvalue weighted by molar-refractivity contribution is 7.58. The van der Waals surface area contributed by atoms with E-state index in [4.69, 9.17) is 14.0 Å². The van der Waals surface area contributed by atoms with Crippen LogP contribution in [0.2, 0.25) is 0 Å². The van der Waals surface area contributed by atoms with Gasteiger partial charge >= 0.3 is 0 Å². The Balaban J connectivity index is 1.56. The number of ether oxygens (including phenoxy) is 2. The monoisotopic (exact) mass is 554 g/mol. The smallest absolute Gasteiger partial charge is 0.213 e. The molecule has 2 aromatic heterocycles. The summed E-state index contributed by atoms with van der Waals surface area (Å²) < 4.78 is 44.7. The van der Waals surface area contributed by atoms with Gasteiger partial charge in [-0.1, -0.05) is 39.0 Å². The van der Waals surface area contributed by atoms with Crippen LogP contribution in [-0.4, -0.2) is 36.5 Å². The number of nitrogens with zero attached hydrogens (tertiary/aromatic N) is 2. The molecule has 2 unspecified atom stereocenters. The molecule has 1 aliphatic rings. The van der Waals surface area contributed by atoms with Crippen molar-refractivity contribution in [2.24, 2.45) is 11.3 Å². The fourth-order valence-corrected chi connectivity index (χ4v) is 6.93. The summed E-state index contributed by atoms with van der Waals surface area (Å²) in [5.74, 6) is 1.21. The number of rotatable bonds is 12. The fraction of sp³-hybridized carbons (Fsp3) is 0.484. The second-order valence-electron chi connectivity index (χ2n) is 11.7. The lowest BCUT2D eigenvalue weighted by atomic mass is 9.84. The molecule has 0 amide bonds. The zero-order valence-corrected chi connectivity index (χ0v) is 24.8. The summed E-state index contributed by atoms with van der Waals surface area (Å²) in [6, 6.07) is 11.6. The first-order valence-corrected chi connectivity index (χ1v) is 15.9. The highest BCUT2D eigenvalue weighted by atomic mass is 31.2. The predicted molar refractivity (Wildman–Crippen MR) is 153 cm³/mol. The van der Waals surface area contributed by atoms with Crippen molar-refractivity contribution in [3.63, 3.8) is 0 Å². The van der Waals surface area contributed by atoms with E-state index in [1.165, 1.54) is 13.3 Å². The van der Waals surface area contributed by atoms with E-state index in [0.29, 0.717) is 42.6 Å². The standard InChI is InChI=1S/C31H40FN2O4P/c1-7-38-39(6,35)20-27(22-9-10-22)23-12-13-33-30(15-23)37-19-21-8-11-25(24(14-21)17-31(2,3)4)26-16-29(36-5)34-18-28(26)32/h8,11-16,18,22,27H,7,9-10,17,19-20H2,1-6H3. The summed E-state index contributed by atoms with van der Waals surface area (Å²) in [5.41, 5.74) is 4.37. The average molecular weight is 555 g/mol. The van der Waals surface area contributed by atoms with Gasteiger partial charge in [-0.2, -0.15) is 0 Å². The Hall–Kier alpha value is -2.76. The van der Waals surface area contributed by atoms with Crippen LogP contribution in [0.4, 0.5) is 4.39 Å². The molecule has 3 aromatic rings. The van der Waals surface area contributed by atoms with Crippen LogP contribution in [0.3, 0.4) is 0 Å². The average Bonchev–Trinajstić information content (AvgIpc) is 3.71. The van der Waals surface area contributed by atoms with E-state index in [9.17, 15) is 8.96 Å². The minimum absolute atomic E-state index is 0.00423. The molecule has 0 radical (unpaired) electrons. The molecule has 210 valence electrons. The van der Waals surface area contributed by atoms with E-state index in [1.54, 1.807) is 18.9 Å². The van der Waals surface area contributed by atoms with Crippen molar-refractivity contribution in [2.75, 3.05) is 26.5 Å². The summed E-state index contributed by atoms with van der Waals surface area (Å²) in [6.07, 6.45) is 6.53. The molecule has 2 atom stereocenters. The summed E-state index contributed by atoms with van der Waals surface area (Å²) in [4.78, 5) is 8.42. The number of halogens is 1. The SMILES string of the molecule is CCOP(C)(=O)CC(c1ccnc(OCc2ccc(-c3cc(OC)ncc3F)c(CC(C)(C)C)c2)c1)C1CC1. The van der Waals surface area contributed by atoms with Gasteiger partial charge in [0.1, 0.15) is 12.4 Å². The highest BCUT2D eigenvalue weighted by Crippen LogP contribution is 2.53. The molecule has 0 saturated heterocycles. The van der Waals surface area contributed by atoms with Crippen molar-refractivity contribution >= 4 is 7.37 Å². The van der Waals surface area contributed by atoms with Gasteiger partial charge in [0, 0.05) is 36.7 Å². The number of hydrogen-bond acceptors (Lipinski definition) is 6. The van der Waals surface area contributed by atoms with Crippen molar-refractivity contribution in [2.45, 2.75) is 59.5 Å². The largest absolute Gasteiger partial charge is 0.481 e. The van der Waals surface area contributed by atoms with Gasteiger partial charge in [-0.25, -0.2) is 14.4 Å². The minimum atomic E-state index is -2.67. The van der Waals surface area contributed by atoms with Crippen molar-refractivity contribution in [1.29, 1.82) is 0 Å². The molecule has 6 nitrogen and oxygen atoms in total. The van der Waals surface area contributed by atoms with Crippen LogP contribution in [0.15, 0.2) is 48.8 Å². The Morgan fingerprint density at radius 2 is 1.85 bits per heavy atom. The summed E-state index contributed by atoms with van der Waals surface area (Å²) in [6.45, 7) is 10.9. The molecule has 1 saturated carbocycles. The van der Waals surface area contributed by atoms with Gasteiger partial charge < -0.3 is 14.0 Å². The molecule has 0 N–H and O–H groups in total. The quantitative estimate of drug-likeness (QED) is 0.212. The zero-order valence-electron chi connectivity index (χ0n) is 23.9. The van der Waals surface area contributed by atoms with E-state index in [0.717, 1.165) is 41.5 Å². The third-order valence-corrected chi connectivity index (χ3v) is 8.78. The van der Waals surface area contributed by atoms with Crippen LogP contribution in [0, 0.1) is 17.2 Å². The van der Waals surface area contributed by atoms with Crippen molar-refractivity contribution in [3.05, 3.63) is 71.3 Å². The van der Waals surface area contributed by atoms with E-state index >= 15 is 0 Å². The second-order valence-corrected chi connectivity index (χ2v) is 14.4. The molecule has 0 aliphatic heterocycles. The Kier molecular flexibility index (Phi) is 9.13. The lowest BCUT2D eigenvalue weighted by Gasteiger charge is -2.22. The van der Waals surface area contributed by atoms with E-state index in [1.807, 2.05) is 31.2 Å². The van der Waals surface area contributed by atoms with E-state index < -0.39 is 7.37 Å². The van der Waals surface area contributed by atoms with E-state index in [2.05, 4.69) is 36.8 Å². The van der Waals surface area contributed by atoms with Crippen LogP contribution >= 0.6 is 7.37 Å². The first-order chi connectivity index (χ1) is 18.5. The van der Waals surface area contributed by atoms with Crippen LogP contribution in [-0.2, 0) is 22.1 Å². The molecule has 8 heteroatoms. The summed E-state index contributed by atoms with van der Waals surface area (Å²) >= 11 is 0. The maximum absolute atomic E-state index is 14.8. The molecule has 0 bridgehead atoms. The van der Waals surface area contributed by atoms with Crippen LogP contribution in [0.1, 0.15) is 63.1 Å². The number of pyridine rings is 2. The molecular weight excluding hydrogens is 514 g/mol. The molecule has 1 aliphatic carbocycles. The first kappa shape index (κ1) is 29.2. The molecule has 1 fully saturated rings. The minimum Gasteiger partial charge on any atom is -0.481 e. The van der Waals surface area contributed by atoms with Crippen molar-refractivity contribution in [1.82, 2.24) is 9.97 Å². The predicted octanol–water partition coefficient (Wildman–Crippen LogP) is 7.90. The third-order valence-electron chi connectivity index (χ3n) is 6.92. The number of hydrogen-bond donors (Lipinski definition) is 0. The van der Waals surface area contributed by atoms with Gasteiger partial charge in [0.25, 0.3) is 0 Å². The lowest BCUT2D eigenvalue weighted by Crippen LogP contribution is -2.11. The van der Waals surface area contributed by atoms with Gasteiger partial charge in [-0.3, -0.25) is 4.57 Å². The Labute approximate surface area is 231 Å². The molecular formula is C31H40FN2O4P. The molecule has 0 spiro atoms. The zero-order chi connectivity index (χ0) is 28.2. The molecule has 4 rings (SSSR count). The van der Waals surface area contributed by atoms with Crippen molar-refractivity contribution < 1.29 is 23.0 Å². The number of aromatic nitrogens is 2. The highest BCUT2D eigenvalue weighted by Gasteiger charge is 2.36. The van der Waals surface area contributed by atoms with Gasteiger partial charge in [0.15, 0.2) is 0 Å². The molecule has 39 heavy (non-hydrogen) atoms. The van der Waals surface area contributed by atoms with Crippen LogP contribution in [0.25, 0.3) is 11.1 Å². The van der Waals surface area contributed by atoms with Crippen LogP contribution in [0.5, 0.6) is 11.8 Å². The maximum Gasteiger partial charge on any atom is 0.213 e. The summed E-state index contributed by atoms with van der Waals surface area (Å²) in [5, 5.41) is 0. The van der Waals surface area contributed by atoms with E-state index in [-0.39, 0.29) is 17.2 Å². The Morgan fingerprint density at radius 1 is 1.08 bits per heavy atom. The third kappa shape index (κ3) is 8.12. The van der Waals surface area contributed by atoms with Gasteiger partial charge in [0.05, 0.1) is 19.9 Å². The second kappa shape index (κ2) is 12.2. The lowest BCUT2D eigenvalue weighted by molar-refractivity contribution is 0.293.